The number of carbonyl (C=O) groups excluding carboxylic acids is 2. The van der Waals surface area contributed by atoms with E-state index < -0.39 is 0 Å². The standard InChI is InChI=1S/C69H86N6O2/c1-70(39-16-15-23-54-19-7-3-8-20-54)68(76)61-35-41-72(42-36-61)48-64-51-75(52-66(64)59-28-13-6-14-29-59)47-57-26-17-30-63(45-57)58-31-33-60(34-32-58)67-53-74(46-56-24-11-5-12-25-56)50-65(67)49-73-43-37-62(38-44-73)69(77)71(2)40-18-27-55-21-9-4-10-22-55/h3-14,17,19-22,24-26,28-34,45,61-62,64-67H,15-16,18,23,27,35-44,46-53H2,1-2H3/t64-,65-,66+,67+/m0/s1. The first-order valence-electron chi connectivity index (χ1n) is 29.5. The second-order valence-electron chi connectivity index (χ2n) is 23.5. The fourth-order valence-corrected chi connectivity index (χ4v) is 13.6. The van der Waals surface area contributed by atoms with Crippen LogP contribution in [0.3, 0.4) is 0 Å². The summed E-state index contributed by atoms with van der Waals surface area (Å²) in [5.74, 6) is 2.95. The van der Waals surface area contributed by atoms with E-state index in [2.05, 4.69) is 189 Å². The molecule has 0 spiro atoms. The molecule has 0 unspecified atom stereocenters. The Labute approximate surface area is 462 Å². The highest BCUT2D eigenvalue weighted by atomic mass is 16.2. The predicted molar refractivity (Wildman–Crippen MR) is 316 cm³/mol. The molecule has 4 aliphatic heterocycles. The maximum absolute atomic E-state index is 13.6. The van der Waals surface area contributed by atoms with Crippen LogP contribution in [0.2, 0.25) is 0 Å². The quantitative estimate of drug-likeness (QED) is 0.0632. The first kappa shape index (κ1) is 54.5. The summed E-state index contributed by atoms with van der Waals surface area (Å²) in [5, 5.41) is 0. The minimum absolute atomic E-state index is 0.128. The summed E-state index contributed by atoms with van der Waals surface area (Å²) in [5.41, 5.74) is 10.9. The number of hydrogen-bond acceptors (Lipinski definition) is 6. The summed E-state index contributed by atoms with van der Waals surface area (Å²) in [6, 6.07) is 62.4. The van der Waals surface area contributed by atoms with Crippen molar-refractivity contribution in [2.75, 3.05) is 92.6 Å². The van der Waals surface area contributed by atoms with Crippen LogP contribution in [-0.4, -0.2) is 134 Å². The van der Waals surface area contributed by atoms with E-state index in [1.54, 1.807) is 0 Å². The number of nitrogens with zero attached hydrogens (tertiary/aromatic N) is 6. The van der Waals surface area contributed by atoms with Crippen molar-refractivity contribution in [2.24, 2.45) is 23.7 Å². The minimum atomic E-state index is 0.128. The Bertz CT molecular complexity index is 2720. The zero-order valence-electron chi connectivity index (χ0n) is 46.4. The Balaban J connectivity index is 0.728. The summed E-state index contributed by atoms with van der Waals surface area (Å²) in [6.07, 6.45) is 9.06. The minimum Gasteiger partial charge on any atom is -0.346 e. The molecule has 8 nitrogen and oxygen atoms in total. The largest absolute Gasteiger partial charge is 0.346 e. The summed E-state index contributed by atoms with van der Waals surface area (Å²) in [4.78, 5) is 41.8. The first-order chi connectivity index (χ1) is 37.8. The lowest BCUT2D eigenvalue weighted by atomic mass is 9.86. The molecule has 6 aromatic carbocycles. The number of likely N-dealkylation sites (tertiary alicyclic amines) is 4. The third-order valence-electron chi connectivity index (χ3n) is 18.0. The van der Waals surface area contributed by atoms with Gasteiger partial charge in [0.1, 0.15) is 0 Å². The highest BCUT2D eigenvalue weighted by molar-refractivity contribution is 5.79. The van der Waals surface area contributed by atoms with E-state index in [0.717, 1.165) is 149 Å². The highest BCUT2D eigenvalue weighted by Crippen LogP contribution is 2.38. The molecule has 4 saturated heterocycles. The maximum Gasteiger partial charge on any atom is 0.225 e. The summed E-state index contributed by atoms with van der Waals surface area (Å²) in [7, 11) is 4.02. The summed E-state index contributed by atoms with van der Waals surface area (Å²) in [6.45, 7) is 14.0. The number of piperidine rings is 2. The summed E-state index contributed by atoms with van der Waals surface area (Å²) >= 11 is 0. The third kappa shape index (κ3) is 15.0. The first-order valence-corrected chi connectivity index (χ1v) is 29.5. The van der Waals surface area contributed by atoms with Crippen LogP contribution in [0, 0.1) is 23.7 Å². The Morgan fingerprint density at radius 1 is 0.416 bits per heavy atom. The Morgan fingerprint density at radius 3 is 1.36 bits per heavy atom. The molecule has 0 saturated carbocycles. The van der Waals surface area contributed by atoms with E-state index in [4.69, 9.17) is 0 Å². The molecule has 0 aromatic heterocycles. The average molecular weight is 1030 g/mol. The van der Waals surface area contributed by atoms with Crippen LogP contribution < -0.4 is 0 Å². The van der Waals surface area contributed by atoms with Crippen molar-refractivity contribution in [3.05, 3.63) is 203 Å². The molecule has 2 amide bonds. The summed E-state index contributed by atoms with van der Waals surface area (Å²) < 4.78 is 0. The molecule has 4 atom stereocenters. The molecule has 6 aromatic rings. The molecule has 0 N–H and O–H groups in total. The van der Waals surface area contributed by atoms with Crippen molar-refractivity contribution in [3.8, 4) is 11.1 Å². The molecule has 8 heteroatoms. The van der Waals surface area contributed by atoms with Gasteiger partial charge in [-0.05, 0) is 146 Å². The van der Waals surface area contributed by atoms with Gasteiger partial charge in [-0.15, -0.1) is 0 Å². The predicted octanol–water partition coefficient (Wildman–Crippen LogP) is 11.8. The van der Waals surface area contributed by atoms with Gasteiger partial charge in [-0.1, -0.05) is 164 Å². The SMILES string of the molecule is CN(CCCCc1ccccc1)C(=O)C1CCN(C[C@H]2CN(Cc3cccc(-c4ccc([C@H]5CN(Cc6ccccc6)C[C@@H]5CN5CCC(C(=O)N(C)CCCc6ccccc6)CC5)cc4)c3)C[C@@H]2c2ccccc2)CC1. The van der Waals surface area contributed by atoms with E-state index in [9.17, 15) is 9.59 Å². The van der Waals surface area contributed by atoms with Gasteiger partial charge in [0.2, 0.25) is 11.8 Å². The molecular formula is C69H86N6O2. The van der Waals surface area contributed by atoms with Crippen molar-refractivity contribution in [2.45, 2.75) is 82.7 Å². The zero-order valence-corrected chi connectivity index (χ0v) is 46.4. The van der Waals surface area contributed by atoms with E-state index in [1.807, 2.05) is 23.9 Å². The Hall–Kier alpha value is -5.90. The third-order valence-corrected chi connectivity index (χ3v) is 18.0. The van der Waals surface area contributed by atoms with Gasteiger partial charge in [-0.2, -0.15) is 0 Å². The van der Waals surface area contributed by atoms with Crippen LogP contribution in [-0.2, 0) is 35.5 Å². The molecule has 0 bridgehead atoms. The molecular weight excluding hydrogens is 945 g/mol. The van der Waals surface area contributed by atoms with Crippen LogP contribution in [0.4, 0.5) is 0 Å². The number of amides is 2. The number of unbranched alkanes of at least 4 members (excludes halogenated alkanes) is 1. The lowest BCUT2D eigenvalue weighted by Crippen LogP contribution is -2.43. The monoisotopic (exact) mass is 1030 g/mol. The number of carbonyl (C=O) groups is 2. The van der Waals surface area contributed by atoms with E-state index in [0.29, 0.717) is 35.5 Å². The number of rotatable bonds is 22. The lowest BCUT2D eigenvalue weighted by molar-refractivity contribution is -0.136. The van der Waals surface area contributed by atoms with Crippen LogP contribution in [0.15, 0.2) is 170 Å². The van der Waals surface area contributed by atoms with Gasteiger partial charge in [-0.25, -0.2) is 0 Å². The van der Waals surface area contributed by atoms with Gasteiger partial charge >= 0.3 is 0 Å². The maximum atomic E-state index is 13.6. The lowest BCUT2D eigenvalue weighted by Gasteiger charge is -2.35. The van der Waals surface area contributed by atoms with Crippen LogP contribution in [0.5, 0.6) is 0 Å². The van der Waals surface area contributed by atoms with Crippen molar-refractivity contribution in [1.82, 2.24) is 29.4 Å². The van der Waals surface area contributed by atoms with E-state index in [1.165, 1.54) is 44.5 Å². The Morgan fingerprint density at radius 2 is 0.844 bits per heavy atom. The molecule has 10 rings (SSSR count). The van der Waals surface area contributed by atoms with Crippen LogP contribution in [0.1, 0.15) is 90.2 Å². The van der Waals surface area contributed by atoms with Gasteiger partial charge in [-0.3, -0.25) is 19.4 Å². The number of aryl methyl sites for hydroxylation is 2. The molecule has 4 heterocycles. The fraction of sp³-hybridized carbons (Fsp3) is 0.449. The van der Waals surface area contributed by atoms with Crippen LogP contribution in [0.25, 0.3) is 11.1 Å². The van der Waals surface area contributed by atoms with Gasteiger partial charge in [0, 0.05) is 103 Å². The molecule has 0 radical (unpaired) electrons. The molecule has 404 valence electrons. The molecule has 4 fully saturated rings. The second-order valence-corrected chi connectivity index (χ2v) is 23.5. The normalized spacial score (nSPS) is 21.1. The van der Waals surface area contributed by atoms with E-state index >= 15 is 0 Å². The number of hydrogen-bond donors (Lipinski definition) is 0. The van der Waals surface area contributed by atoms with Gasteiger partial charge in [0.05, 0.1) is 0 Å². The van der Waals surface area contributed by atoms with Crippen LogP contribution >= 0.6 is 0 Å². The number of benzene rings is 6. The van der Waals surface area contributed by atoms with Gasteiger partial charge in [0.25, 0.3) is 0 Å². The Kier molecular flexibility index (Phi) is 19.2. The van der Waals surface area contributed by atoms with Crippen molar-refractivity contribution < 1.29 is 9.59 Å². The molecule has 4 aliphatic rings. The van der Waals surface area contributed by atoms with Crippen molar-refractivity contribution >= 4 is 11.8 Å². The van der Waals surface area contributed by atoms with Crippen molar-refractivity contribution in [1.29, 1.82) is 0 Å². The fourth-order valence-electron chi connectivity index (χ4n) is 13.6. The average Bonchev–Trinajstić information content (AvgIpc) is 4.10. The topological polar surface area (TPSA) is 53.6 Å². The van der Waals surface area contributed by atoms with Crippen molar-refractivity contribution in [3.63, 3.8) is 0 Å². The van der Waals surface area contributed by atoms with Gasteiger partial charge < -0.3 is 19.6 Å². The highest BCUT2D eigenvalue weighted by Gasteiger charge is 2.38. The zero-order chi connectivity index (χ0) is 52.8. The molecule has 77 heavy (non-hydrogen) atoms. The van der Waals surface area contributed by atoms with E-state index in [-0.39, 0.29) is 11.8 Å². The molecule has 0 aliphatic carbocycles. The second kappa shape index (κ2) is 27.1. The smallest absolute Gasteiger partial charge is 0.225 e. The van der Waals surface area contributed by atoms with Gasteiger partial charge in [0.15, 0.2) is 0 Å².